The van der Waals surface area contributed by atoms with Crippen LogP contribution in [-0.4, -0.2) is 21.1 Å². The molecule has 0 aliphatic rings. The average molecular weight is 407 g/mol. The Kier molecular flexibility index (Phi) is 5.49. The largest absolute Gasteiger partial charge is 0.484 e. The van der Waals surface area contributed by atoms with Gasteiger partial charge in [0.2, 0.25) is 5.89 Å². The van der Waals surface area contributed by atoms with Crippen LogP contribution >= 0.6 is 11.6 Å². The van der Waals surface area contributed by atoms with Crippen LogP contribution in [0.3, 0.4) is 0 Å². The Morgan fingerprint density at radius 1 is 1.07 bits per heavy atom. The molecular weight excluding hydrogens is 392 g/mol. The smallest absolute Gasteiger partial charge is 0.257 e. The van der Waals surface area contributed by atoms with E-state index in [9.17, 15) is 4.79 Å². The van der Waals surface area contributed by atoms with Gasteiger partial charge < -0.3 is 14.5 Å². The molecule has 0 saturated carbocycles. The van der Waals surface area contributed by atoms with Gasteiger partial charge in [0.15, 0.2) is 6.61 Å². The molecule has 0 aliphatic carbocycles. The van der Waals surface area contributed by atoms with Gasteiger partial charge in [-0.3, -0.25) is 9.78 Å². The summed E-state index contributed by atoms with van der Waals surface area (Å²) >= 11 is 5.88. The Morgan fingerprint density at radius 3 is 2.72 bits per heavy atom. The standard InChI is InChI=1S/C21H15ClN4O3/c22-16-8-6-14(7-9-16)21-26-25-19(29-21)13-28-18-5-1-4-17(11-18)24-20(27)15-3-2-10-23-12-15/h1-12H,13H2,(H,24,27). The zero-order valence-electron chi connectivity index (χ0n) is 15.1. The van der Waals surface area contributed by atoms with Crippen LogP contribution in [0, 0.1) is 0 Å². The van der Waals surface area contributed by atoms with Crippen molar-refractivity contribution in [1.29, 1.82) is 0 Å². The predicted molar refractivity (Wildman–Crippen MR) is 108 cm³/mol. The van der Waals surface area contributed by atoms with Crippen molar-refractivity contribution in [3.05, 3.63) is 89.5 Å². The molecule has 8 heteroatoms. The van der Waals surface area contributed by atoms with Crippen molar-refractivity contribution in [2.24, 2.45) is 0 Å². The Labute approximate surface area is 171 Å². The summed E-state index contributed by atoms with van der Waals surface area (Å²) in [4.78, 5) is 16.2. The molecule has 0 fully saturated rings. The van der Waals surface area contributed by atoms with Gasteiger partial charge in [-0.05, 0) is 48.5 Å². The quantitative estimate of drug-likeness (QED) is 0.502. The number of hydrogen-bond donors (Lipinski definition) is 1. The summed E-state index contributed by atoms with van der Waals surface area (Å²) in [5, 5.41) is 11.4. The SMILES string of the molecule is O=C(Nc1cccc(OCc2nnc(-c3ccc(Cl)cc3)o2)c1)c1cccnc1. The summed E-state index contributed by atoms with van der Waals surface area (Å²) in [7, 11) is 0. The monoisotopic (exact) mass is 406 g/mol. The highest BCUT2D eigenvalue weighted by molar-refractivity contribution is 6.30. The normalized spacial score (nSPS) is 10.5. The maximum atomic E-state index is 12.2. The molecule has 2 heterocycles. The van der Waals surface area contributed by atoms with Crippen LogP contribution in [0.25, 0.3) is 11.5 Å². The Morgan fingerprint density at radius 2 is 1.93 bits per heavy atom. The minimum Gasteiger partial charge on any atom is -0.484 e. The summed E-state index contributed by atoms with van der Waals surface area (Å²) in [6, 6.07) is 17.5. The molecule has 0 bridgehead atoms. The molecule has 1 N–H and O–H groups in total. The number of hydrogen-bond acceptors (Lipinski definition) is 6. The summed E-state index contributed by atoms with van der Waals surface area (Å²) in [6.07, 6.45) is 3.12. The van der Waals surface area contributed by atoms with Gasteiger partial charge >= 0.3 is 0 Å². The molecule has 0 spiro atoms. The van der Waals surface area contributed by atoms with E-state index in [-0.39, 0.29) is 12.5 Å². The number of amides is 1. The molecule has 0 radical (unpaired) electrons. The highest BCUT2D eigenvalue weighted by Gasteiger charge is 2.10. The number of aromatic nitrogens is 3. The molecule has 4 rings (SSSR count). The van der Waals surface area contributed by atoms with Gasteiger partial charge in [-0.25, -0.2) is 0 Å². The van der Waals surface area contributed by atoms with E-state index < -0.39 is 0 Å². The van der Waals surface area contributed by atoms with Crippen molar-refractivity contribution in [1.82, 2.24) is 15.2 Å². The first-order chi connectivity index (χ1) is 14.2. The van der Waals surface area contributed by atoms with Crippen LogP contribution in [0.5, 0.6) is 5.75 Å². The number of halogens is 1. The molecule has 0 atom stereocenters. The van der Waals surface area contributed by atoms with Crippen LogP contribution in [0.2, 0.25) is 5.02 Å². The lowest BCUT2D eigenvalue weighted by Gasteiger charge is -2.08. The van der Waals surface area contributed by atoms with Crippen LogP contribution in [0.1, 0.15) is 16.2 Å². The molecule has 4 aromatic rings. The van der Waals surface area contributed by atoms with Crippen molar-refractivity contribution in [2.75, 3.05) is 5.32 Å². The van der Waals surface area contributed by atoms with E-state index in [0.717, 1.165) is 5.56 Å². The van der Waals surface area contributed by atoms with E-state index in [1.807, 2.05) is 0 Å². The lowest BCUT2D eigenvalue weighted by molar-refractivity contribution is 0.102. The molecule has 0 saturated heterocycles. The maximum Gasteiger partial charge on any atom is 0.257 e. The molecule has 29 heavy (non-hydrogen) atoms. The third-order valence-corrected chi connectivity index (χ3v) is 4.19. The average Bonchev–Trinajstić information content (AvgIpc) is 3.23. The number of pyridine rings is 1. The Hall–Kier alpha value is -3.71. The molecule has 0 aliphatic heterocycles. The second kappa shape index (κ2) is 8.53. The van der Waals surface area contributed by atoms with E-state index in [1.165, 1.54) is 6.20 Å². The molecule has 2 aromatic heterocycles. The van der Waals surface area contributed by atoms with Crippen molar-refractivity contribution >= 4 is 23.2 Å². The summed E-state index contributed by atoms with van der Waals surface area (Å²) in [5.41, 5.74) is 1.84. The Bertz CT molecular complexity index is 1110. The van der Waals surface area contributed by atoms with Crippen molar-refractivity contribution in [2.45, 2.75) is 6.61 Å². The van der Waals surface area contributed by atoms with Crippen molar-refractivity contribution in [3.63, 3.8) is 0 Å². The van der Waals surface area contributed by atoms with Gasteiger partial charge in [0.25, 0.3) is 11.8 Å². The number of rotatable bonds is 6. The van der Waals surface area contributed by atoms with Gasteiger partial charge in [0.05, 0.1) is 5.56 Å². The van der Waals surface area contributed by atoms with Gasteiger partial charge in [-0.2, -0.15) is 0 Å². The number of benzene rings is 2. The third-order valence-electron chi connectivity index (χ3n) is 3.94. The zero-order chi connectivity index (χ0) is 20.1. The second-order valence-corrected chi connectivity index (χ2v) is 6.46. The van der Waals surface area contributed by atoms with Gasteiger partial charge in [-0.1, -0.05) is 17.7 Å². The van der Waals surface area contributed by atoms with E-state index in [2.05, 4.69) is 20.5 Å². The third kappa shape index (κ3) is 4.77. The zero-order valence-corrected chi connectivity index (χ0v) is 15.8. The molecule has 2 aromatic carbocycles. The highest BCUT2D eigenvalue weighted by atomic mass is 35.5. The minimum atomic E-state index is -0.250. The second-order valence-electron chi connectivity index (χ2n) is 6.02. The fourth-order valence-corrected chi connectivity index (χ4v) is 2.66. The van der Waals surface area contributed by atoms with Crippen LogP contribution in [-0.2, 0) is 6.61 Å². The molecular formula is C21H15ClN4O3. The van der Waals surface area contributed by atoms with E-state index in [4.69, 9.17) is 20.8 Å². The first-order valence-corrected chi connectivity index (χ1v) is 9.08. The van der Waals surface area contributed by atoms with Gasteiger partial charge in [-0.15, -0.1) is 10.2 Å². The Balaban J connectivity index is 1.39. The van der Waals surface area contributed by atoms with Crippen LogP contribution in [0.4, 0.5) is 5.69 Å². The molecule has 144 valence electrons. The van der Waals surface area contributed by atoms with E-state index in [1.54, 1.807) is 66.9 Å². The summed E-state index contributed by atoms with van der Waals surface area (Å²) < 4.78 is 11.3. The number of ether oxygens (including phenoxy) is 1. The van der Waals surface area contributed by atoms with Crippen molar-refractivity contribution in [3.8, 4) is 17.2 Å². The molecule has 1 amide bonds. The number of nitrogens with zero attached hydrogens (tertiary/aromatic N) is 3. The van der Waals surface area contributed by atoms with Crippen molar-refractivity contribution < 1.29 is 13.9 Å². The van der Waals surface area contributed by atoms with Crippen LogP contribution in [0.15, 0.2) is 77.5 Å². The van der Waals surface area contributed by atoms with Crippen LogP contribution < -0.4 is 10.1 Å². The fraction of sp³-hybridized carbons (Fsp3) is 0.0476. The first kappa shape index (κ1) is 18.6. The van der Waals surface area contributed by atoms with Gasteiger partial charge in [0, 0.05) is 34.7 Å². The predicted octanol–water partition coefficient (Wildman–Crippen LogP) is 4.62. The molecule has 7 nitrogen and oxygen atoms in total. The minimum absolute atomic E-state index is 0.0978. The number of carbonyl (C=O) groups excluding carboxylic acids is 1. The summed E-state index contributed by atoms with van der Waals surface area (Å²) in [6.45, 7) is 0.0978. The summed E-state index contributed by atoms with van der Waals surface area (Å²) in [5.74, 6) is 1.03. The van der Waals surface area contributed by atoms with Gasteiger partial charge in [0.1, 0.15) is 5.75 Å². The first-order valence-electron chi connectivity index (χ1n) is 8.70. The lowest BCUT2D eigenvalue weighted by atomic mass is 10.2. The number of carbonyl (C=O) groups is 1. The molecule has 0 unspecified atom stereocenters. The maximum absolute atomic E-state index is 12.2. The number of anilines is 1. The topological polar surface area (TPSA) is 90.1 Å². The fourth-order valence-electron chi connectivity index (χ4n) is 2.53. The van der Waals surface area contributed by atoms with E-state index in [0.29, 0.717) is 33.8 Å². The lowest BCUT2D eigenvalue weighted by Crippen LogP contribution is -2.12. The highest BCUT2D eigenvalue weighted by Crippen LogP contribution is 2.22. The van der Waals surface area contributed by atoms with E-state index >= 15 is 0 Å². The number of nitrogens with one attached hydrogen (secondary N) is 1.